The average molecular weight is 447 g/mol. The first-order valence-electron chi connectivity index (χ1n) is 8.47. The average Bonchev–Trinajstić information content (AvgIpc) is 2.60. The van der Waals surface area contributed by atoms with Crippen LogP contribution in [0.5, 0.6) is 5.75 Å². The van der Waals surface area contributed by atoms with E-state index in [0.29, 0.717) is 6.10 Å². The summed E-state index contributed by atoms with van der Waals surface area (Å²) in [5, 5.41) is 3.47. The van der Waals surface area contributed by atoms with Crippen LogP contribution in [0.15, 0.2) is 29.3 Å². The van der Waals surface area contributed by atoms with Gasteiger partial charge in [0.15, 0.2) is 5.96 Å². The van der Waals surface area contributed by atoms with Crippen LogP contribution in [0.2, 0.25) is 0 Å². The smallest absolute Gasteiger partial charge is 0.193 e. The Morgan fingerprint density at radius 2 is 2.08 bits per heavy atom. The van der Waals surface area contributed by atoms with Crippen LogP contribution < -0.4 is 10.1 Å². The Morgan fingerprint density at radius 3 is 2.71 bits per heavy atom. The van der Waals surface area contributed by atoms with Gasteiger partial charge in [0.05, 0.1) is 13.2 Å². The first-order valence-corrected chi connectivity index (χ1v) is 8.47. The number of hydrogen-bond acceptors (Lipinski definition) is 3. The minimum Gasteiger partial charge on any atom is -0.497 e. The zero-order valence-corrected chi connectivity index (χ0v) is 17.3. The highest BCUT2D eigenvalue weighted by Gasteiger charge is 2.21. The van der Waals surface area contributed by atoms with E-state index in [0.717, 1.165) is 57.2 Å². The summed E-state index contributed by atoms with van der Waals surface area (Å²) < 4.78 is 11.0. The van der Waals surface area contributed by atoms with Gasteiger partial charge in [0.25, 0.3) is 0 Å². The number of ether oxygens (including phenoxy) is 2. The minimum atomic E-state index is 0. The molecule has 1 saturated heterocycles. The Bertz CT molecular complexity index is 503. The third-order valence-electron chi connectivity index (χ3n) is 4.19. The third-order valence-corrected chi connectivity index (χ3v) is 4.19. The highest BCUT2D eigenvalue weighted by Crippen LogP contribution is 2.14. The zero-order chi connectivity index (χ0) is 16.5. The molecule has 5 nitrogen and oxygen atoms in total. The van der Waals surface area contributed by atoms with E-state index in [1.807, 2.05) is 19.2 Å². The molecular formula is C18H30IN3O2. The number of methoxy groups -OCH3 is 1. The number of halogens is 1. The van der Waals surface area contributed by atoms with Crippen molar-refractivity contribution in [1.29, 1.82) is 0 Å². The minimum absolute atomic E-state index is 0. The Morgan fingerprint density at radius 1 is 1.33 bits per heavy atom. The topological polar surface area (TPSA) is 46.1 Å². The van der Waals surface area contributed by atoms with Gasteiger partial charge >= 0.3 is 0 Å². The Balaban J connectivity index is 0.00000288. The number of aliphatic imine (C=N–C) groups is 1. The molecule has 0 aromatic heterocycles. The molecule has 0 spiro atoms. The number of nitrogens with one attached hydrogen (secondary N) is 1. The molecule has 1 aromatic rings. The van der Waals surface area contributed by atoms with E-state index in [1.165, 1.54) is 5.56 Å². The van der Waals surface area contributed by atoms with Gasteiger partial charge < -0.3 is 19.7 Å². The normalized spacial score (nSPS) is 15.8. The second-order valence-corrected chi connectivity index (χ2v) is 5.72. The molecule has 0 amide bonds. The molecule has 0 unspecified atom stereocenters. The molecule has 1 aliphatic rings. The number of rotatable bonds is 6. The van der Waals surface area contributed by atoms with Crippen LogP contribution >= 0.6 is 24.0 Å². The molecule has 136 valence electrons. The number of likely N-dealkylation sites (tertiary alicyclic amines) is 1. The number of benzene rings is 1. The Labute approximate surface area is 162 Å². The van der Waals surface area contributed by atoms with E-state index in [4.69, 9.17) is 9.47 Å². The second kappa shape index (κ2) is 11.5. The van der Waals surface area contributed by atoms with Gasteiger partial charge in [-0.15, -0.1) is 24.0 Å². The molecule has 1 fully saturated rings. The largest absolute Gasteiger partial charge is 0.497 e. The van der Waals surface area contributed by atoms with Crippen molar-refractivity contribution in [3.05, 3.63) is 29.8 Å². The fourth-order valence-electron chi connectivity index (χ4n) is 2.95. The molecule has 0 radical (unpaired) electrons. The van der Waals surface area contributed by atoms with Gasteiger partial charge in [-0.1, -0.05) is 12.1 Å². The standard InChI is InChI=1S/C18H29N3O2.HI/c1-4-23-16-9-12-21(13-10-16)18(19-2)20-11-8-15-6-5-7-17(14-15)22-3;/h5-7,14,16H,4,8-13H2,1-3H3,(H,19,20);1H. The van der Waals surface area contributed by atoms with E-state index in [-0.39, 0.29) is 24.0 Å². The molecular weight excluding hydrogens is 417 g/mol. The van der Waals surface area contributed by atoms with Crippen molar-refractivity contribution in [2.24, 2.45) is 4.99 Å². The lowest BCUT2D eigenvalue weighted by atomic mass is 10.1. The van der Waals surface area contributed by atoms with Gasteiger partial charge in [0, 0.05) is 33.3 Å². The molecule has 0 saturated carbocycles. The van der Waals surface area contributed by atoms with Crippen LogP contribution in [0.25, 0.3) is 0 Å². The summed E-state index contributed by atoms with van der Waals surface area (Å²) in [6.07, 6.45) is 3.51. The van der Waals surface area contributed by atoms with E-state index < -0.39 is 0 Å². The van der Waals surface area contributed by atoms with Crippen LogP contribution in [0.1, 0.15) is 25.3 Å². The van der Waals surface area contributed by atoms with Crippen LogP contribution in [0, 0.1) is 0 Å². The summed E-state index contributed by atoms with van der Waals surface area (Å²) >= 11 is 0. The molecule has 1 heterocycles. The molecule has 1 N–H and O–H groups in total. The summed E-state index contributed by atoms with van der Waals surface area (Å²) in [5.74, 6) is 1.90. The number of piperidine rings is 1. The lowest BCUT2D eigenvalue weighted by molar-refractivity contribution is 0.0264. The predicted molar refractivity (Wildman–Crippen MR) is 110 cm³/mol. The molecule has 6 heteroatoms. The highest BCUT2D eigenvalue weighted by molar-refractivity contribution is 14.0. The Hall–Kier alpha value is -1.02. The number of nitrogens with zero attached hydrogens (tertiary/aromatic N) is 2. The summed E-state index contributed by atoms with van der Waals surface area (Å²) in [6.45, 7) is 5.74. The van der Waals surface area contributed by atoms with Crippen LogP contribution in [0.4, 0.5) is 0 Å². The van der Waals surface area contributed by atoms with E-state index in [2.05, 4.69) is 34.3 Å². The molecule has 1 aliphatic heterocycles. The SMILES string of the molecule is CCOC1CCN(C(=NC)NCCc2cccc(OC)c2)CC1.I. The van der Waals surface area contributed by atoms with Crippen LogP contribution in [0.3, 0.4) is 0 Å². The van der Waals surface area contributed by atoms with E-state index in [1.54, 1.807) is 7.11 Å². The number of hydrogen-bond donors (Lipinski definition) is 1. The van der Waals surface area contributed by atoms with E-state index >= 15 is 0 Å². The molecule has 0 bridgehead atoms. The quantitative estimate of drug-likeness (QED) is 0.414. The van der Waals surface area contributed by atoms with Crippen molar-refractivity contribution in [1.82, 2.24) is 10.2 Å². The zero-order valence-electron chi connectivity index (χ0n) is 15.0. The van der Waals surface area contributed by atoms with Crippen LogP contribution in [-0.4, -0.2) is 57.4 Å². The molecule has 24 heavy (non-hydrogen) atoms. The Kier molecular flexibility index (Phi) is 10.1. The second-order valence-electron chi connectivity index (χ2n) is 5.72. The monoisotopic (exact) mass is 447 g/mol. The molecule has 0 atom stereocenters. The maximum absolute atomic E-state index is 5.71. The fraction of sp³-hybridized carbons (Fsp3) is 0.611. The summed E-state index contributed by atoms with van der Waals surface area (Å²) in [7, 11) is 3.55. The van der Waals surface area contributed by atoms with Crippen molar-refractivity contribution in [2.75, 3.05) is 40.4 Å². The maximum atomic E-state index is 5.71. The van der Waals surface area contributed by atoms with Gasteiger partial charge in [0.1, 0.15) is 5.75 Å². The van der Waals surface area contributed by atoms with Crippen molar-refractivity contribution >= 4 is 29.9 Å². The predicted octanol–water partition coefficient (Wildman–Crippen LogP) is 2.93. The van der Waals surface area contributed by atoms with E-state index in [9.17, 15) is 0 Å². The van der Waals surface area contributed by atoms with Crippen molar-refractivity contribution in [2.45, 2.75) is 32.3 Å². The summed E-state index contributed by atoms with van der Waals surface area (Å²) in [5.41, 5.74) is 1.27. The van der Waals surface area contributed by atoms with Gasteiger partial charge in [-0.25, -0.2) is 0 Å². The summed E-state index contributed by atoms with van der Waals surface area (Å²) in [4.78, 5) is 6.73. The first kappa shape index (κ1) is 21.0. The fourth-order valence-corrected chi connectivity index (χ4v) is 2.95. The molecule has 1 aromatic carbocycles. The van der Waals surface area contributed by atoms with Gasteiger partial charge in [0.2, 0.25) is 0 Å². The van der Waals surface area contributed by atoms with Crippen molar-refractivity contribution in [3.63, 3.8) is 0 Å². The van der Waals surface area contributed by atoms with Gasteiger partial charge in [-0.3, -0.25) is 4.99 Å². The van der Waals surface area contributed by atoms with Gasteiger partial charge in [-0.05, 0) is 43.9 Å². The van der Waals surface area contributed by atoms with Crippen molar-refractivity contribution in [3.8, 4) is 5.75 Å². The highest BCUT2D eigenvalue weighted by atomic mass is 127. The lowest BCUT2D eigenvalue weighted by Gasteiger charge is -2.34. The lowest BCUT2D eigenvalue weighted by Crippen LogP contribution is -2.47. The van der Waals surface area contributed by atoms with Gasteiger partial charge in [-0.2, -0.15) is 0 Å². The van der Waals surface area contributed by atoms with Crippen molar-refractivity contribution < 1.29 is 9.47 Å². The number of guanidine groups is 1. The molecule has 2 rings (SSSR count). The van der Waals surface area contributed by atoms with Crippen LogP contribution in [-0.2, 0) is 11.2 Å². The third kappa shape index (κ3) is 6.47. The first-order chi connectivity index (χ1) is 11.3. The summed E-state index contributed by atoms with van der Waals surface area (Å²) in [6, 6.07) is 8.21. The molecule has 0 aliphatic carbocycles. The maximum Gasteiger partial charge on any atom is 0.193 e.